The highest BCUT2D eigenvalue weighted by molar-refractivity contribution is 5.66. The number of carboxylic acids is 1. The summed E-state index contributed by atoms with van der Waals surface area (Å²) in [6, 6.07) is 26.6. The molecule has 5 rings (SSSR count). The average molecular weight is 513 g/mol. The minimum absolute atomic E-state index is 0.0527. The van der Waals surface area contributed by atoms with Crippen LogP contribution in [0.25, 0.3) is 11.4 Å². The van der Waals surface area contributed by atoms with Crippen molar-refractivity contribution in [3.8, 4) is 17.1 Å². The van der Waals surface area contributed by atoms with Crippen LogP contribution in [0.3, 0.4) is 0 Å². The van der Waals surface area contributed by atoms with Gasteiger partial charge in [-0.25, -0.2) is 0 Å². The van der Waals surface area contributed by atoms with Crippen LogP contribution in [0.2, 0.25) is 0 Å². The van der Waals surface area contributed by atoms with Crippen molar-refractivity contribution < 1.29 is 15.0 Å². The largest absolute Gasteiger partial charge is 0.508 e. The highest BCUT2D eigenvalue weighted by atomic mass is 16.4. The third-order valence-corrected chi connectivity index (χ3v) is 7.12. The number of aliphatic carboxylic acids is 1. The first-order valence-electron chi connectivity index (χ1n) is 12.8. The highest BCUT2D eigenvalue weighted by Crippen LogP contribution is 2.35. The van der Waals surface area contributed by atoms with Gasteiger partial charge in [-0.2, -0.15) is 4.80 Å². The molecule has 4 aromatic rings. The first-order valence-corrected chi connectivity index (χ1v) is 12.8. The molecule has 1 aliphatic heterocycles. The summed E-state index contributed by atoms with van der Waals surface area (Å²) in [6.07, 6.45) is 0. The number of benzene rings is 3. The Morgan fingerprint density at radius 3 is 2.42 bits per heavy atom. The van der Waals surface area contributed by atoms with Crippen LogP contribution in [0, 0.1) is 0 Å². The molecule has 0 spiro atoms. The topological polar surface area (TPSA) is 108 Å². The maximum Gasteiger partial charge on any atom is 0.327 e. The number of piperazine rings is 1. The van der Waals surface area contributed by atoms with Gasteiger partial charge in [-0.15, -0.1) is 10.2 Å². The van der Waals surface area contributed by atoms with Gasteiger partial charge in [0.15, 0.2) is 6.54 Å². The van der Waals surface area contributed by atoms with E-state index < -0.39 is 5.97 Å². The van der Waals surface area contributed by atoms with E-state index in [0.717, 1.165) is 41.1 Å². The summed E-state index contributed by atoms with van der Waals surface area (Å²) in [5, 5.41) is 31.3. The molecule has 0 amide bonds. The number of carbonyl (C=O) groups is 1. The van der Waals surface area contributed by atoms with Crippen molar-refractivity contribution in [3.63, 3.8) is 0 Å². The van der Waals surface area contributed by atoms with Crippen molar-refractivity contribution in [3.05, 3.63) is 95.6 Å². The Morgan fingerprint density at radius 2 is 1.71 bits per heavy atom. The number of aromatic hydroxyl groups is 1. The third-order valence-electron chi connectivity index (χ3n) is 7.12. The van der Waals surface area contributed by atoms with E-state index in [-0.39, 0.29) is 24.4 Å². The zero-order valence-corrected chi connectivity index (χ0v) is 21.6. The predicted molar refractivity (Wildman–Crippen MR) is 143 cm³/mol. The zero-order chi connectivity index (χ0) is 26.6. The van der Waals surface area contributed by atoms with E-state index >= 15 is 0 Å². The van der Waals surface area contributed by atoms with Crippen LogP contribution in [0.4, 0.5) is 0 Å². The summed E-state index contributed by atoms with van der Waals surface area (Å²) in [7, 11) is 0. The molecule has 9 heteroatoms. The fourth-order valence-electron chi connectivity index (χ4n) is 5.25. The molecule has 1 aliphatic rings. The molecule has 1 fully saturated rings. The molecule has 38 heavy (non-hydrogen) atoms. The molecule has 3 aromatic carbocycles. The predicted octanol–water partition coefficient (Wildman–Crippen LogP) is 3.81. The Bertz CT molecular complexity index is 1370. The van der Waals surface area contributed by atoms with Crippen LogP contribution < -0.4 is 0 Å². The van der Waals surface area contributed by atoms with Crippen molar-refractivity contribution >= 4 is 5.97 Å². The lowest BCUT2D eigenvalue weighted by Gasteiger charge is -2.47. The Kier molecular flexibility index (Phi) is 7.48. The second-order valence-electron chi connectivity index (χ2n) is 9.97. The zero-order valence-electron chi connectivity index (χ0n) is 21.6. The summed E-state index contributed by atoms with van der Waals surface area (Å²) in [5.41, 5.74) is 4.19. The number of hydrogen-bond acceptors (Lipinski definition) is 7. The summed E-state index contributed by atoms with van der Waals surface area (Å²) < 4.78 is 0. The van der Waals surface area contributed by atoms with Crippen molar-refractivity contribution in [2.24, 2.45) is 0 Å². The molecule has 0 radical (unpaired) electrons. The summed E-state index contributed by atoms with van der Waals surface area (Å²) in [4.78, 5) is 17.1. The van der Waals surface area contributed by atoms with Gasteiger partial charge in [-0.05, 0) is 47.9 Å². The van der Waals surface area contributed by atoms with Gasteiger partial charge in [-0.3, -0.25) is 14.6 Å². The smallest absolute Gasteiger partial charge is 0.327 e. The van der Waals surface area contributed by atoms with Gasteiger partial charge in [0.05, 0.1) is 6.04 Å². The van der Waals surface area contributed by atoms with Crippen LogP contribution in [0.5, 0.6) is 5.75 Å². The van der Waals surface area contributed by atoms with Crippen molar-refractivity contribution in [1.29, 1.82) is 0 Å². The molecule has 196 valence electrons. The molecule has 2 heterocycles. The van der Waals surface area contributed by atoms with Gasteiger partial charge in [0.2, 0.25) is 5.82 Å². The maximum absolute atomic E-state index is 11.0. The molecule has 1 aromatic heterocycles. The van der Waals surface area contributed by atoms with E-state index in [2.05, 4.69) is 81.5 Å². The van der Waals surface area contributed by atoms with Gasteiger partial charge in [-0.1, -0.05) is 66.7 Å². The van der Waals surface area contributed by atoms with E-state index in [0.29, 0.717) is 11.9 Å². The molecule has 0 bridgehead atoms. The quantitative estimate of drug-likeness (QED) is 0.367. The van der Waals surface area contributed by atoms with Crippen LogP contribution >= 0.6 is 0 Å². The average Bonchev–Trinajstić information content (AvgIpc) is 3.36. The summed E-state index contributed by atoms with van der Waals surface area (Å²) in [6.45, 7) is 6.93. The molecule has 3 atom stereocenters. The number of carboxylic acid groups (broad SMARTS) is 1. The first kappa shape index (κ1) is 25.6. The van der Waals surface area contributed by atoms with Crippen LogP contribution in [-0.2, 0) is 17.9 Å². The number of nitrogens with zero attached hydrogens (tertiary/aromatic N) is 6. The fourth-order valence-corrected chi connectivity index (χ4v) is 5.25. The van der Waals surface area contributed by atoms with E-state index in [1.54, 1.807) is 6.07 Å². The minimum atomic E-state index is -1.02. The Balaban J connectivity index is 1.41. The lowest BCUT2D eigenvalue weighted by Crippen LogP contribution is -2.56. The van der Waals surface area contributed by atoms with Crippen LogP contribution in [0.15, 0.2) is 78.9 Å². The van der Waals surface area contributed by atoms with Gasteiger partial charge < -0.3 is 10.2 Å². The maximum atomic E-state index is 11.0. The molecule has 1 saturated heterocycles. The second-order valence-corrected chi connectivity index (χ2v) is 9.97. The van der Waals surface area contributed by atoms with E-state index in [1.807, 2.05) is 30.3 Å². The summed E-state index contributed by atoms with van der Waals surface area (Å²) >= 11 is 0. The van der Waals surface area contributed by atoms with Crippen LogP contribution in [0.1, 0.15) is 36.6 Å². The number of phenols is 1. The molecular formula is C29H32N6O3. The van der Waals surface area contributed by atoms with Gasteiger partial charge in [0.1, 0.15) is 5.75 Å². The molecular weight excluding hydrogens is 480 g/mol. The highest BCUT2D eigenvalue weighted by Gasteiger charge is 2.35. The van der Waals surface area contributed by atoms with Gasteiger partial charge in [0.25, 0.3) is 0 Å². The van der Waals surface area contributed by atoms with Gasteiger partial charge >= 0.3 is 5.97 Å². The van der Waals surface area contributed by atoms with Crippen molar-refractivity contribution in [2.45, 2.75) is 45.1 Å². The van der Waals surface area contributed by atoms with Crippen molar-refractivity contribution in [2.75, 3.05) is 13.1 Å². The van der Waals surface area contributed by atoms with E-state index in [4.69, 9.17) is 5.11 Å². The van der Waals surface area contributed by atoms with Gasteiger partial charge in [0, 0.05) is 37.3 Å². The lowest BCUT2D eigenvalue weighted by atomic mass is 9.92. The molecule has 0 aliphatic carbocycles. The Labute approximate surface area is 221 Å². The monoisotopic (exact) mass is 512 g/mol. The number of tetrazole rings is 1. The Morgan fingerprint density at radius 1 is 0.947 bits per heavy atom. The molecule has 9 nitrogen and oxygen atoms in total. The number of phenolic OH excluding ortho intramolecular Hbond substituents is 1. The molecule has 0 unspecified atom stereocenters. The SMILES string of the molecule is C[C@@H]1CN([C@H](c2ccc(-c3nnn(CC(=O)O)n3)cc2)c2cccc(O)c2)[C@@H](C)CN1Cc1ccccc1. The lowest BCUT2D eigenvalue weighted by molar-refractivity contribution is -0.138. The number of hydrogen-bond donors (Lipinski definition) is 2. The third kappa shape index (κ3) is 5.74. The van der Waals surface area contributed by atoms with E-state index in [9.17, 15) is 9.90 Å². The first-order chi connectivity index (χ1) is 18.4. The Hall–Kier alpha value is -4.08. The minimum Gasteiger partial charge on any atom is -0.508 e. The molecule has 2 N–H and O–H groups in total. The number of aromatic nitrogens is 4. The molecule has 0 saturated carbocycles. The summed E-state index contributed by atoms with van der Waals surface area (Å²) in [5.74, 6) is -0.402. The fraction of sp³-hybridized carbons (Fsp3) is 0.310. The normalized spacial score (nSPS) is 19.3. The number of rotatable bonds is 8. The van der Waals surface area contributed by atoms with Crippen LogP contribution in [-0.4, -0.2) is 71.4 Å². The van der Waals surface area contributed by atoms with E-state index in [1.165, 1.54) is 5.56 Å². The second kappa shape index (κ2) is 11.1. The standard InChI is InChI=1S/C29H32N6O3/c1-20-17-34(21(2)16-33(20)18-22-7-4-3-5-8-22)28(25-9-6-10-26(36)15-25)23-11-13-24(14-12-23)29-30-32-35(31-29)19-27(37)38/h3-15,20-21,28,36H,16-19H2,1-2H3,(H,37,38)/t20-,21+,28-/m1/s1. The van der Waals surface area contributed by atoms with Crippen molar-refractivity contribution in [1.82, 2.24) is 30.0 Å².